The van der Waals surface area contributed by atoms with Crippen LogP contribution < -0.4 is 5.73 Å². The van der Waals surface area contributed by atoms with Gasteiger partial charge < -0.3 is 10.8 Å². The van der Waals surface area contributed by atoms with Crippen LogP contribution in [0.2, 0.25) is 0 Å². The van der Waals surface area contributed by atoms with Gasteiger partial charge in [-0.15, -0.1) is 0 Å². The van der Waals surface area contributed by atoms with Gasteiger partial charge in [0.15, 0.2) is 0 Å². The van der Waals surface area contributed by atoms with E-state index in [1.54, 1.807) is 0 Å². The number of halogens is 3. The summed E-state index contributed by atoms with van der Waals surface area (Å²) < 4.78 is -2.08. The van der Waals surface area contributed by atoms with E-state index < -0.39 is 26.7 Å². The van der Waals surface area contributed by atoms with Gasteiger partial charge in [0.1, 0.15) is 11.3 Å². The van der Waals surface area contributed by atoms with E-state index in [4.69, 9.17) is 51.1 Å². The van der Waals surface area contributed by atoms with Crippen molar-refractivity contribution >= 4 is 46.4 Å². The molecule has 0 bridgehead atoms. The number of aliphatic hydroxyl groups is 1. The van der Waals surface area contributed by atoms with Crippen molar-refractivity contribution in [3.05, 3.63) is 11.3 Å². The quantitative estimate of drug-likeness (QED) is 0.299. The Hall–Kier alpha value is -0.450. The molecule has 74 valence electrons. The Morgan fingerprint density at radius 2 is 1.85 bits per heavy atom. The lowest BCUT2D eigenvalue weighted by Gasteiger charge is -2.13. The number of nitrogens with two attached hydrogens (primary N) is 1. The van der Waals surface area contributed by atoms with Gasteiger partial charge in [-0.3, -0.25) is 10.2 Å². The molecule has 4 N–H and O–H groups in total. The van der Waals surface area contributed by atoms with Crippen LogP contribution in [0.15, 0.2) is 11.3 Å². The molecule has 0 heterocycles. The topological polar surface area (TPSA) is 87.2 Å². The molecule has 0 aliphatic carbocycles. The van der Waals surface area contributed by atoms with Crippen molar-refractivity contribution in [2.24, 2.45) is 5.73 Å². The molecule has 0 unspecified atom stereocenters. The highest BCUT2D eigenvalue weighted by Crippen LogP contribution is 2.30. The molecule has 0 aliphatic heterocycles. The largest absolute Gasteiger partial charge is 0.512 e. The summed E-state index contributed by atoms with van der Waals surface area (Å²) in [6.07, 6.45) is 0. The molecule has 0 rings (SSSR count). The van der Waals surface area contributed by atoms with Crippen LogP contribution in [0.1, 0.15) is 6.92 Å². The molecule has 0 radical (unpaired) electrons. The summed E-state index contributed by atoms with van der Waals surface area (Å²) in [5.74, 6) is -1.47. The van der Waals surface area contributed by atoms with Crippen molar-refractivity contribution < 1.29 is 9.90 Å². The normalized spacial score (nSPS) is 13.5. The van der Waals surface area contributed by atoms with Crippen LogP contribution in [-0.4, -0.2) is 20.5 Å². The second-order valence-electron chi connectivity index (χ2n) is 2.20. The highest BCUT2D eigenvalue weighted by atomic mass is 35.6. The molecule has 4 nitrogen and oxygen atoms in total. The number of rotatable bonds is 2. The van der Waals surface area contributed by atoms with Gasteiger partial charge in [0.25, 0.3) is 5.91 Å². The maximum absolute atomic E-state index is 10.7. The minimum atomic E-state index is -2.08. The molecule has 13 heavy (non-hydrogen) atoms. The molecule has 0 aromatic rings. The second-order valence-corrected chi connectivity index (χ2v) is 4.48. The fourth-order valence-corrected chi connectivity index (χ4v) is 0.908. The number of carbonyl (C=O) groups excluding carboxylic acids is 1. The molecule has 0 aromatic heterocycles. The molecular weight excluding hydrogens is 238 g/mol. The summed E-state index contributed by atoms with van der Waals surface area (Å²) in [6.45, 7) is 1.17. The molecule has 0 saturated carbocycles. The molecule has 0 saturated heterocycles. The van der Waals surface area contributed by atoms with E-state index in [-0.39, 0.29) is 0 Å². The van der Waals surface area contributed by atoms with Gasteiger partial charge in [-0.05, 0) is 6.92 Å². The number of hydrogen-bond acceptors (Lipinski definition) is 3. The fraction of sp³-hybridized carbons (Fsp3) is 0.333. The van der Waals surface area contributed by atoms with Crippen LogP contribution in [-0.2, 0) is 4.79 Å². The predicted molar refractivity (Wildman–Crippen MR) is 52.5 cm³/mol. The lowest BCUT2D eigenvalue weighted by atomic mass is 10.1. The number of hydrogen-bond donors (Lipinski definition) is 3. The first-order chi connectivity index (χ1) is 5.68. The maximum Gasteiger partial charge on any atom is 0.254 e. The zero-order chi connectivity index (χ0) is 10.8. The van der Waals surface area contributed by atoms with Crippen LogP contribution in [0.3, 0.4) is 0 Å². The van der Waals surface area contributed by atoms with Crippen LogP contribution in [0, 0.1) is 5.41 Å². The SMILES string of the molecule is CC(O)=C(C(=N)C(Cl)(Cl)Cl)C(N)=O. The smallest absolute Gasteiger partial charge is 0.254 e. The van der Waals surface area contributed by atoms with Crippen molar-refractivity contribution in [3.63, 3.8) is 0 Å². The summed E-state index contributed by atoms with van der Waals surface area (Å²) in [5, 5.41) is 16.2. The Morgan fingerprint density at radius 3 is 1.92 bits per heavy atom. The summed E-state index contributed by atoms with van der Waals surface area (Å²) in [4.78, 5) is 10.7. The monoisotopic (exact) mass is 244 g/mol. The van der Waals surface area contributed by atoms with Gasteiger partial charge in [-0.25, -0.2) is 0 Å². The summed E-state index contributed by atoms with van der Waals surface area (Å²) >= 11 is 16.0. The molecule has 0 fully saturated rings. The Morgan fingerprint density at radius 1 is 1.46 bits per heavy atom. The standard InChI is InChI=1S/C6H7Cl3N2O2/c1-2(12)3(5(11)13)4(10)6(7,8)9/h10,12H,1H3,(H2,11,13). The van der Waals surface area contributed by atoms with Gasteiger partial charge in [-0.2, -0.15) is 0 Å². The van der Waals surface area contributed by atoms with E-state index in [2.05, 4.69) is 0 Å². The Labute approximate surface area is 89.8 Å². The van der Waals surface area contributed by atoms with Crippen molar-refractivity contribution in [2.75, 3.05) is 0 Å². The minimum Gasteiger partial charge on any atom is -0.512 e. The van der Waals surface area contributed by atoms with Crippen molar-refractivity contribution in [1.29, 1.82) is 5.41 Å². The van der Waals surface area contributed by atoms with Crippen molar-refractivity contribution in [3.8, 4) is 0 Å². The van der Waals surface area contributed by atoms with E-state index in [0.29, 0.717) is 0 Å². The molecule has 1 amide bonds. The van der Waals surface area contributed by atoms with E-state index in [1.165, 1.54) is 6.92 Å². The van der Waals surface area contributed by atoms with E-state index in [0.717, 1.165) is 0 Å². The number of alkyl halides is 3. The Balaban J connectivity index is 5.16. The third kappa shape index (κ3) is 3.42. The van der Waals surface area contributed by atoms with Crippen LogP contribution in [0.5, 0.6) is 0 Å². The second kappa shape index (κ2) is 4.17. The lowest BCUT2D eigenvalue weighted by molar-refractivity contribution is -0.114. The highest BCUT2D eigenvalue weighted by molar-refractivity contribution is 6.78. The predicted octanol–water partition coefficient (Wildman–Crippen LogP) is 1.69. The van der Waals surface area contributed by atoms with Crippen molar-refractivity contribution in [2.45, 2.75) is 10.7 Å². The van der Waals surface area contributed by atoms with E-state index >= 15 is 0 Å². The zero-order valence-corrected chi connectivity index (χ0v) is 8.83. The number of amides is 1. The highest BCUT2D eigenvalue weighted by Gasteiger charge is 2.33. The average Bonchev–Trinajstić information content (AvgIpc) is 1.82. The first-order valence-electron chi connectivity index (χ1n) is 3.03. The Bertz CT molecular complexity index is 276. The summed E-state index contributed by atoms with van der Waals surface area (Å²) in [6, 6.07) is 0. The van der Waals surface area contributed by atoms with Crippen molar-refractivity contribution in [1.82, 2.24) is 0 Å². The third-order valence-electron chi connectivity index (χ3n) is 1.14. The van der Waals surface area contributed by atoms with Gasteiger partial charge >= 0.3 is 0 Å². The number of primary amides is 1. The molecule has 0 spiro atoms. The fourth-order valence-electron chi connectivity index (χ4n) is 0.624. The number of aliphatic hydroxyl groups excluding tert-OH is 1. The average molecular weight is 245 g/mol. The molecule has 7 heteroatoms. The lowest BCUT2D eigenvalue weighted by Crippen LogP contribution is -2.29. The van der Waals surface area contributed by atoms with Gasteiger partial charge in [0.2, 0.25) is 3.79 Å². The van der Waals surface area contributed by atoms with Crippen LogP contribution in [0.25, 0.3) is 0 Å². The van der Waals surface area contributed by atoms with Gasteiger partial charge in [0, 0.05) is 0 Å². The van der Waals surface area contributed by atoms with Crippen LogP contribution in [0.4, 0.5) is 0 Å². The van der Waals surface area contributed by atoms with E-state index in [9.17, 15) is 4.79 Å². The van der Waals surface area contributed by atoms with Crippen LogP contribution >= 0.6 is 34.8 Å². The minimum absolute atomic E-state index is 0.455. The molecule has 0 aromatic carbocycles. The first-order valence-corrected chi connectivity index (χ1v) is 4.17. The first kappa shape index (κ1) is 12.6. The third-order valence-corrected chi connectivity index (χ3v) is 1.71. The molecule has 0 atom stereocenters. The maximum atomic E-state index is 10.7. The number of allylic oxidation sites excluding steroid dienone is 1. The summed E-state index contributed by atoms with van der Waals surface area (Å²) in [7, 11) is 0. The molecule has 0 aliphatic rings. The number of carbonyl (C=O) groups is 1. The number of nitrogens with one attached hydrogen (secondary N) is 1. The molecular formula is C6H7Cl3N2O2. The van der Waals surface area contributed by atoms with Gasteiger partial charge in [0.05, 0.1) is 5.71 Å². The van der Waals surface area contributed by atoms with Gasteiger partial charge in [-0.1, -0.05) is 34.8 Å². The van der Waals surface area contributed by atoms with E-state index in [1.807, 2.05) is 0 Å². The summed E-state index contributed by atoms with van der Waals surface area (Å²) in [5.41, 5.74) is 3.73. The zero-order valence-electron chi connectivity index (χ0n) is 6.57. The Kier molecular flexibility index (Phi) is 4.03.